The molecule has 0 spiro atoms. The third-order valence-corrected chi connectivity index (χ3v) is 5.94. The number of ether oxygens (including phenoxy) is 1. The molecule has 2 aliphatic rings. The molecule has 6 heteroatoms. The maximum absolute atomic E-state index is 6.13. The van der Waals surface area contributed by atoms with Crippen LogP contribution < -0.4 is 15.5 Å². The van der Waals surface area contributed by atoms with Crippen molar-refractivity contribution in [3.63, 3.8) is 0 Å². The zero-order valence-electron chi connectivity index (χ0n) is 18.5. The number of hydrogen-bond donors (Lipinski definition) is 2. The molecule has 1 aromatic carbocycles. The van der Waals surface area contributed by atoms with Crippen molar-refractivity contribution in [2.45, 2.75) is 58.6 Å². The number of rotatable bonds is 4. The Hall–Kier alpha value is -1.02. The van der Waals surface area contributed by atoms with Gasteiger partial charge in [-0.25, -0.2) is 0 Å². The van der Waals surface area contributed by atoms with Gasteiger partial charge in [-0.05, 0) is 43.2 Å². The number of benzene rings is 1. The molecule has 2 N–H and O–H groups in total. The molecule has 3 atom stereocenters. The van der Waals surface area contributed by atoms with Gasteiger partial charge < -0.3 is 20.3 Å². The summed E-state index contributed by atoms with van der Waals surface area (Å²) in [5.41, 5.74) is 1.48. The van der Waals surface area contributed by atoms with Crippen LogP contribution >= 0.6 is 24.0 Å². The molecular formula is C23H39IN4O. The summed E-state index contributed by atoms with van der Waals surface area (Å²) in [6, 6.07) is 11.1. The van der Waals surface area contributed by atoms with E-state index >= 15 is 0 Å². The van der Waals surface area contributed by atoms with E-state index in [9.17, 15) is 0 Å². The Morgan fingerprint density at radius 3 is 2.62 bits per heavy atom. The molecule has 1 aromatic rings. The molecule has 0 saturated carbocycles. The predicted octanol–water partition coefficient (Wildman–Crippen LogP) is 4.28. The smallest absolute Gasteiger partial charge is 0.191 e. The normalized spacial score (nSPS) is 25.9. The molecule has 2 aliphatic heterocycles. The summed E-state index contributed by atoms with van der Waals surface area (Å²) < 4.78 is 6.13. The standard InChI is InChI=1S/C23H38N4O.HI/c1-23(2,3)21-18(10-9-15-28-21)16-25-22(24-4)26-19-11-8-14-27(17-19)20-12-6-5-7-13-20;/h5-7,12-13,18-19,21H,8-11,14-17H2,1-4H3,(H2,24,25,26);1H. The molecule has 5 nitrogen and oxygen atoms in total. The number of aliphatic imine (C=N–C) groups is 1. The van der Waals surface area contributed by atoms with Gasteiger partial charge in [-0.1, -0.05) is 39.0 Å². The zero-order valence-corrected chi connectivity index (χ0v) is 20.8. The first-order chi connectivity index (χ1) is 13.5. The molecular weight excluding hydrogens is 475 g/mol. The van der Waals surface area contributed by atoms with E-state index in [1.165, 1.54) is 24.9 Å². The number of anilines is 1. The molecule has 2 fully saturated rings. The highest BCUT2D eigenvalue weighted by Crippen LogP contribution is 2.33. The van der Waals surface area contributed by atoms with Gasteiger partial charge in [0.1, 0.15) is 0 Å². The van der Waals surface area contributed by atoms with Crippen molar-refractivity contribution in [2.24, 2.45) is 16.3 Å². The molecule has 0 amide bonds. The van der Waals surface area contributed by atoms with E-state index < -0.39 is 0 Å². The van der Waals surface area contributed by atoms with Crippen molar-refractivity contribution in [3.8, 4) is 0 Å². The van der Waals surface area contributed by atoms with Gasteiger partial charge in [0.05, 0.1) is 6.10 Å². The summed E-state index contributed by atoms with van der Waals surface area (Å²) in [6.45, 7) is 10.8. The van der Waals surface area contributed by atoms with Crippen LogP contribution in [0.1, 0.15) is 46.5 Å². The molecule has 164 valence electrons. The SMILES string of the molecule is CN=C(NCC1CCCOC1C(C)(C)C)NC1CCCN(c2ccccc2)C1.I. The second-order valence-electron chi connectivity index (χ2n) is 9.28. The Morgan fingerprint density at radius 1 is 1.17 bits per heavy atom. The quantitative estimate of drug-likeness (QED) is 0.358. The molecule has 3 unspecified atom stereocenters. The summed E-state index contributed by atoms with van der Waals surface area (Å²) in [4.78, 5) is 6.96. The minimum atomic E-state index is 0. The Kier molecular flexibility index (Phi) is 9.53. The van der Waals surface area contributed by atoms with Crippen molar-refractivity contribution in [2.75, 3.05) is 38.2 Å². The van der Waals surface area contributed by atoms with Crippen LogP contribution in [0.4, 0.5) is 5.69 Å². The van der Waals surface area contributed by atoms with Crippen LogP contribution in [0, 0.1) is 11.3 Å². The van der Waals surface area contributed by atoms with Crippen LogP contribution in [0.25, 0.3) is 0 Å². The van der Waals surface area contributed by atoms with Gasteiger partial charge in [0, 0.05) is 50.9 Å². The Balaban J connectivity index is 0.00000300. The van der Waals surface area contributed by atoms with Gasteiger partial charge in [-0.15, -0.1) is 24.0 Å². The maximum atomic E-state index is 6.13. The maximum Gasteiger partial charge on any atom is 0.191 e. The molecule has 0 bridgehead atoms. The lowest BCUT2D eigenvalue weighted by molar-refractivity contribution is -0.0835. The monoisotopic (exact) mass is 514 g/mol. The fraction of sp³-hybridized carbons (Fsp3) is 0.696. The predicted molar refractivity (Wildman–Crippen MR) is 134 cm³/mol. The van der Waals surface area contributed by atoms with E-state index in [2.05, 4.69) is 71.6 Å². The Morgan fingerprint density at radius 2 is 1.93 bits per heavy atom. The first-order valence-corrected chi connectivity index (χ1v) is 10.9. The second-order valence-corrected chi connectivity index (χ2v) is 9.28. The molecule has 0 aromatic heterocycles. The minimum absolute atomic E-state index is 0. The number of guanidine groups is 1. The summed E-state index contributed by atoms with van der Waals surface area (Å²) >= 11 is 0. The van der Waals surface area contributed by atoms with Crippen LogP contribution in [0.5, 0.6) is 0 Å². The number of nitrogens with one attached hydrogen (secondary N) is 2. The largest absolute Gasteiger partial charge is 0.377 e. The first-order valence-electron chi connectivity index (χ1n) is 10.9. The minimum Gasteiger partial charge on any atom is -0.377 e. The summed E-state index contributed by atoms with van der Waals surface area (Å²) in [5.74, 6) is 1.44. The van der Waals surface area contributed by atoms with Crippen molar-refractivity contribution in [3.05, 3.63) is 30.3 Å². The third kappa shape index (κ3) is 7.02. The fourth-order valence-electron chi connectivity index (χ4n) is 4.59. The van der Waals surface area contributed by atoms with Gasteiger partial charge in [0.25, 0.3) is 0 Å². The van der Waals surface area contributed by atoms with Gasteiger partial charge in [-0.3, -0.25) is 4.99 Å². The van der Waals surface area contributed by atoms with Crippen molar-refractivity contribution in [1.82, 2.24) is 10.6 Å². The van der Waals surface area contributed by atoms with Crippen LogP contribution in [-0.4, -0.2) is 51.4 Å². The molecule has 0 radical (unpaired) electrons. The van der Waals surface area contributed by atoms with E-state index in [1.807, 2.05) is 7.05 Å². The van der Waals surface area contributed by atoms with E-state index in [0.29, 0.717) is 18.1 Å². The van der Waals surface area contributed by atoms with Gasteiger partial charge >= 0.3 is 0 Å². The lowest BCUT2D eigenvalue weighted by Crippen LogP contribution is -2.53. The number of halogens is 1. The first kappa shape index (κ1) is 24.3. The third-order valence-electron chi connectivity index (χ3n) is 5.94. The van der Waals surface area contributed by atoms with Crippen LogP contribution in [-0.2, 0) is 4.74 Å². The fourth-order valence-corrected chi connectivity index (χ4v) is 4.59. The lowest BCUT2D eigenvalue weighted by Gasteiger charge is -2.40. The van der Waals surface area contributed by atoms with E-state index in [1.54, 1.807) is 0 Å². The van der Waals surface area contributed by atoms with E-state index in [0.717, 1.165) is 38.6 Å². The highest BCUT2D eigenvalue weighted by molar-refractivity contribution is 14.0. The average molecular weight is 514 g/mol. The lowest BCUT2D eigenvalue weighted by atomic mass is 9.78. The van der Waals surface area contributed by atoms with Crippen molar-refractivity contribution in [1.29, 1.82) is 0 Å². The highest BCUT2D eigenvalue weighted by atomic mass is 127. The van der Waals surface area contributed by atoms with E-state index in [4.69, 9.17) is 4.74 Å². The summed E-state index contributed by atoms with van der Waals surface area (Å²) in [7, 11) is 1.87. The van der Waals surface area contributed by atoms with Crippen LogP contribution in [0.2, 0.25) is 0 Å². The number of para-hydroxylation sites is 1. The molecule has 2 heterocycles. The van der Waals surface area contributed by atoms with Crippen molar-refractivity contribution >= 4 is 35.6 Å². The van der Waals surface area contributed by atoms with E-state index in [-0.39, 0.29) is 29.4 Å². The van der Waals surface area contributed by atoms with Gasteiger partial charge in [0.2, 0.25) is 0 Å². The second kappa shape index (κ2) is 11.4. The molecule has 0 aliphatic carbocycles. The molecule has 29 heavy (non-hydrogen) atoms. The average Bonchev–Trinajstić information content (AvgIpc) is 2.71. The van der Waals surface area contributed by atoms with Gasteiger partial charge in [0.15, 0.2) is 5.96 Å². The zero-order chi connectivity index (χ0) is 20.0. The molecule has 2 saturated heterocycles. The van der Waals surface area contributed by atoms with Crippen molar-refractivity contribution < 1.29 is 4.74 Å². The number of nitrogens with zero attached hydrogens (tertiary/aromatic N) is 2. The molecule has 3 rings (SSSR count). The number of hydrogen-bond acceptors (Lipinski definition) is 3. The summed E-state index contributed by atoms with van der Waals surface area (Å²) in [6.07, 6.45) is 5.06. The van der Waals surface area contributed by atoms with Crippen LogP contribution in [0.3, 0.4) is 0 Å². The Labute approximate surface area is 194 Å². The van der Waals surface area contributed by atoms with Crippen LogP contribution in [0.15, 0.2) is 35.3 Å². The Bertz CT molecular complexity index is 632. The highest BCUT2D eigenvalue weighted by Gasteiger charge is 2.35. The van der Waals surface area contributed by atoms with Gasteiger partial charge in [-0.2, -0.15) is 0 Å². The summed E-state index contributed by atoms with van der Waals surface area (Å²) in [5, 5.41) is 7.24. The topological polar surface area (TPSA) is 48.9 Å². The number of piperidine rings is 1.